The number of hydrogen-bond donors (Lipinski definition) is 0. The number of benzene rings is 1. The molecule has 8 heteroatoms. The van der Waals surface area contributed by atoms with Crippen LogP contribution in [0.15, 0.2) is 40.7 Å². The third-order valence-electron chi connectivity index (χ3n) is 7.82. The van der Waals surface area contributed by atoms with E-state index in [1.165, 1.54) is 5.57 Å². The Morgan fingerprint density at radius 2 is 1.65 bits per heavy atom. The first-order valence-corrected chi connectivity index (χ1v) is 16.0. The molecule has 5 nitrogen and oxygen atoms in total. The molecule has 2 fully saturated rings. The second-order valence-electron chi connectivity index (χ2n) is 11.3. The molecule has 2 saturated heterocycles. The van der Waals surface area contributed by atoms with Crippen molar-refractivity contribution in [3.05, 3.63) is 41.4 Å². The van der Waals surface area contributed by atoms with Crippen LogP contribution in [-0.4, -0.2) is 77.7 Å². The first-order chi connectivity index (χ1) is 14.2. The van der Waals surface area contributed by atoms with E-state index in [1.54, 1.807) is 16.4 Å². The minimum absolute atomic E-state index is 0.249. The molecule has 0 saturated carbocycles. The largest absolute Gasteiger partial charge is 0.338 e. The van der Waals surface area contributed by atoms with E-state index in [9.17, 15) is 8.42 Å². The van der Waals surface area contributed by atoms with Crippen molar-refractivity contribution in [1.29, 1.82) is 0 Å². The van der Waals surface area contributed by atoms with Crippen molar-refractivity contribution >= 4 is 25.1 Å². The highest BCUT2D eigenvalue weighted by atomic mass is 32.2. The van der Waals surface area contributed by atoms with Gasteiger partial charge in [0.05, 0.1) is 13.0 Å². The molecule has 1 aromatic rings. The lowest BCUT2D eigenvalue weighted by Crippen LogP contribution is -2.41. The van der Waals surface area contributed by atoms with Gasteiger partial charge < -0.3 is 9.62 Å². The van der Waals surface area contributed by atoms with Gasteiger partial charge in [-0.05, 0) is 50.2 Å². The van der Waals surface area contributed by atoms with Crippen molar-refractivity contribution in [3.63, 3.8) is 0 Å². The van der Waals surface area contributed by atoms with E-state index >= 15 is 0 Å². The topological polar surface area (TPSA) is 43.9 Å². The summed E-state index contributed by atoms with van der Waals surface area (Å²) in [6.45, 7) is 17.4. The van der Waals surface area contributed by atoms with Gasteiger partial charge in [0, 0.05) is 26.2 Å². The molecule has 1 unspecified atom stereocenters. The van der Waals surface area contributed by atoms with Gasteiger partial charge in [-0.3, -0.25) is 0 Å². The molecular weight excluding hydrogens is 421 g/mol. The molecule has 2 heterocycles. The normalized spacial score (nSPS) is 23.9. The number of nitrogens with zero attached hydrogens (tertiary/aromatic N) is 3. The third kappa shape index (κ3) is 5.19. The molecule has 0 N–H and O–H groups in total. The second-order valence-corrected chi connectivity index (χ2v) is 18.9. The van der Waals surface area contributed by atoms with E-state index in [-0.39, 0.29) is 12.0 Å². The number of likely N-dealkylation sites (N-methyl/N-ethyl adjacent to an activating group) is 2. The maximum atomic E-state index is 13.5. The summed E-state index contributed by atoms with van der Waals surface area (Å²) in [7, 11) is -0.746. The summed E-state index contributed by atoms with van der Waals surface area (Å²) in [4.78, 5) is 5.11. The third-order valence-corrected chi connectivity index (χ3v) is 15.2. The van der Waals surface area contributed by atoms with Crippen molar-refractivity contribution in [2.24, 2.45) is 5.92 Å². The Kier molecular flexibility index (Phi) is 7.00. The smallest absolute Gasteiger partial charge is 0.326 e. The van der Waals surface area contributed by atoms with Crippen LogP contribution >= 0.6 is 0 Å². The predicted octanol–water partition coefficient (Wildman–Crippen LogP) is 3.96. The Hall–Kier alpha value is -0.928. The lowest BCUT2D eigenvalue weighted by Gasteiger charge is -2.39. The van der Waals surface area contributed by atoms with E-state index in [0.717, 1.165) is 24.7 Å². The zero-order valence-corrected chi connectivity index (χ0v) is 22.5. The zero-order valence-electron chi connectivity index (χ0n) is 20.6. The maximum absolute atomic E-state index is 13.5. The molecule has 1 atom stereocenters. The summed E-state index contributed by atoms with van der Waals surface area (Å²) in [5, 5.41) is 0.280. The molecule has 31 heavy (non-hydrogen) atoms. The fourth-order valence-corrected chi connectivity index (χ4v) is 8.18. The molecule has 3 rings (SSSR count). The van der Waals surface area contributed by atoms with Crippen LogP contribution in [0, 0.1) is 12.8 Å². The molecule has 0 amide bonds. The van der Waals surface area contributed by atoms with Crippen LogP contribution in [0.25, 0.3) is 0 Å². The summed E-state index contributed by atoms with van der Waals surface area (Å²) >= 11 is 0. The van der Waals surface area contributed by atoms with Crippen molar-refractivity contribution in [2.75, 3.05) is 40.3 Å². The van der Waals surface area contributed by atoms with Crippen LogP contribution in [0.5, 0.6) is 0 Å². The van der Waals surface area contributed by atoms with Gasteiger partial charge in [-0.1, -0.05) is 63.1 Å². The summed E-state index contributed by atoms with van der Waals surface area (Å²) in [5.74, 6) is 2.65. The molecule has 1 aromatic carbocycles. The van der Waals surface area contributed by atoms with Crippen LogP contribution in [0.1, 0.15) is 26.3 Å². The monoisotopic (exact) mass is 461 g/mol. The lowest BCUT2D eigenvalue weighted by atomic mass is 9.71. The molecule has 172 valence electrons. The van der Waals surface area contributed by atoms with Gasteiger partial charge in [0.2, 0.25) is 10.0 Å². The van der Waals surface area contributed by atoms with Crippen LogP contribution in [0.4, 0.5) is 0 Å². The first-order valence-electron chi connectivity index (χ1n) is 11.4. The van der Waals surface area contributed by atoms with Crippen molar-refractivity contribution in [2.45, 2.75) is 56.8 Å². The van der Waals surface area contributed by atoms with Crippen molar-refractivity contribution < 1.29 is 8.42 Å². The zero-order chi connectivity index (χ0) is 23.2. The van der Waals surface area contributed by atoms with Crippen LogP contribution in [0.2, 0.25) is 24.2 Å². The number of aryl methyl sites for hydroxylation is 1. The van der Waals surface area contributed by atoms with Gasteiger partial charge in [0.15, 0.2) is 0 Å². The maximum Gasteiger partial charge on any atom is 0.338 e. The van der Waals surface area contributed by atoms with Crippen LogP contribution in [-0.2, 0) is 10.0 Å². The Morgan fingerprint density at radius 3 is 2.16 bits per heavy atom. The minimum Gasteiger partial charge on any atom is -0.326 e. The fraction of sp³-hybridized carbons (Fsp3) is 0.652. The average Bonchev–Trinajstić information content (AvgIpc) is 3.19. The summed E-state index contributed by atoms with van der Waals surface area (Å²) in [5.41, 5.74) is 2.37. The van der Waals surface area contributed by atoms with E-state index in [2.05, 4.69) is 63.6 Å². The molecule has 0 radical (unpaired) electrons. The average molecular weight is 462 g/mol. The molecular formula is C23H40BN3O2SSi. The van der Waals surface area contributed by atoms with Gasteiger partial charge in [-0.25, -0.2) is 8.42 Å². The molecule has 2 aliphatic rings. The predicted molar refractivity (Wildman–Crippen MR) is 135 cm³/mol. The van der Waals surface area contributed by atoms with Gasteiger partial charge in [0.25, 0.3) is 0 Å². The molecule has 0 bridgehead atoms. The second kappa shape index (κ2) is 8.78. The number of rotatable bonds is 5. The number of sulfonamides is 1. The molecule has 2 aliphatic heterocycles. The van der Waals surface area contributed by atoms with Gasteiger partial charge >= 0.3 is 6.98 Å². The quantitative estimate of drug-likeness (QED) is 0.623. The van der Waals surface area contributed by atoms with Gasteiger partial charge in [-0.15, -0.1) is 0 Å². The number of hydrogen-bond acceptors (Lipinski definition) is 4. The van der Waals surface area contributed by atoms with Crippen LogP contribution in [0.3, 0.4) is 0 Å². The summed E-state index contributed by atoms with van der Waals surface area (Å²) in [6.07, 6.45) is 0. The first kappa shape index (κ1) is 24.7. The van der Waals surface area contributed by atoms with Crippen molar-refractivity contribution in [3.8, 4) is 0 Å². The minimum atomic E-state index is -3.49. The SMILES string of the molecule is Cc1ccc(S(=O)(=O)N2CC(=CB3N(C)CCN3C)C(C[Si](C)(C)C(C)(C)C)C2)cc1. The van der Waals surface area contributed by atoms with Gasteiger partial charge in [-0.2, -0.15) is 4.31 Å². The van der Waals surface area contributed by atoms with E-state index < -0.39 is 18.1 Å². The molecule has 0 spiro atoms. The Bertz CT molecular complexity index is 915. The fourth-order valence-electron chi connectivity index (χ4n) is 4.47. The highest BCUT2D eigenvalue weighted by Gasteiger charge is 2.43. The Labute approximate surface area is 191 Å². The van der Waals surface area contributed by atoms with E-state index in [1.807, 2.05) is 19.1 Å². The van der Waals surface area contributed by atoms with Crippen molar-refractivity contribution in [1.82, 2.24) is 13.9 Å². The molecule has 0 aromatic heterocycles. The summed E-state index contributed by atoms with van der Waals surface area (Å²) in [6, 6.07) is 8.37. The van der Waals surface area contributed by atoms with Gasteiger partial charge in [0.1, 0.15) is 0 Å². The van der Waals surface area contributed by atoms with Crippen LogP contribution < -0.4 is 0 Å². The Morgan fingerprint density at radius 1 is 1.10 bits per heavy atom. The van der Waals surface area contributed by atoms with E-state index in [4.69, 9.17) is 0 Å². The Balaban J connectivity index is 1.94. The highest BCUT2D eigenvalue weighted by Crippen LogP contribution is 2.44. The summed E-state index contributed by atoms with van der Waals surface area (Å²) < 4.78 is 28.6. The lowest BCUT2D eigenvalue weighted by molar-refractivity contribution is 0.462. The highest BCUT2D eigenvalue weighted by molar-refractivity contribution is 7.89. The molecule has 0 aliphatic carbocycles. The standard InChI is InChI=1S/C23H40BN3O2SSi/c1-19-9-11-22(12-10-19)30(28,29)27-16-20(15-24-25(5)13-14-26(24)6)21(17-27)18-31(7,8)23(2,3)4/h9-12,15,21H,13-14,16-18H2,1-8H3. The van der Waals surface area contributed by atoms with E-state index in [0.29, 0.717) is 23.9 Å².